The Balaban J connectivity index is 1.94. The maximum Gasteiger partial charge on any atom is 0.0564 e. The van der Waals surface area contributed by atoms with Crippen molar-refractivity contribution in [2.24, 2.45) is 5.92 Å². The van der Waals surface area contributed by atoms with Gasteiger partial charge in [-0.25, -0.2) is 0 Å². The summed E-state index contributed by atoms with van der Waals surface area (Å²) in [5, 5.41) is 13.3. The fourth-order valence-electron chi connectivity index (χ4n) is 3.30. The van der Waals surface area contributed by atoms with Gasteiger partial charge in [-0.05, 0) is 36.3 Å². The van der Waals surface area contributed by atoms with Crippen LogP contribution in [0, 0.1) is 5.92 Å². The number of benzene rings is 1. The molecule has 1 aromatic rings. The first-order valence-electron chi connectivity index (χ1n) is 8.80. The molecular formula is C19H32N2O. The molecule has 124 valence electrons. The molecule has 22 heavy (non-hydrogen) atoms. The van der Waals surface area contributed by atoms with Crippen LogP contribution in [0.2, 0.25) is 0 Å². The normalized spacial score (nSPS) is 18.8. The molecule has 0 spiro atoms. The number of likely N-dealkylation sites (tertiary alicyclic amines) is 1. The van der Waals surface area contributed by atoms with Crippen molar-refractivity contribution >= 4 is 0 Å². The van der Waals surface area contributed by atoms with E-state index in [0.29, 0.717) is 12.0 Å². The van der Waals surface area contributed by atoms with E-state index < -0.39 is 0 Å². The van der Waals surface area contributed by atoms with Crippen molar-refractivity contribution in [1.82, 2.24) is 10.2 Å². The molecule has 2 N–H and O–H groups in total. The van der Waals surface area contributed by atoms with Crippen molar-refractivity contribution in [3.05, 3.63) is 35.4 Å². The lowest BCUT2D eigenvalue weighted by Gasteiger charge is -2.30. The molecule has 1 unspecified atom stereocenters. The molecule has 0 radical (unpaired) electrons. The Labute approximate surface area is 135 Å². The second-order valence-corrected chi connectivity index (χ2v) is 6.92. The molecule has 0 saturated carbocycles. The largest absolute Gasteiger partial charge is 0.393 e. The zero-order chi connectivity index (χ0) is 15.9. The lowest BCUT2D eigenvalue weighted by Crippen LogP contribution is -2.36. The van der Waals surface area contributed by atoms with E-state index in [2.05, 4.69) is 55.3 Å². The van der Waals surface area contributed by atoms with Crippen LogP contribution in [0.25, 0.3) is 0 Å². The molecule has 1 aliphatic rings. The first-order chi connectivity index (χ1) is 10.6. The van der Waals surface area contributed by atoms with Crippen molar-refractivity contribution in [2.45, 2.75) is 65.3 Å². The SMILES string of the molecule is CCC(NCc1ccccc1CN1CCC(O)CC1)C(C)C. The number of aliphatic hydroxyl groups excluding tert-OH is 1. The van der Waals surface area contributed by atoms with Crippen LogP contribution < -0.4 is 5.32 Å². The fraction of sp³-hybridized carbons (Fsp3) is 0.684. The minimum absolute atomic E-state index is 0.0930. The zero-order valence-corrected chi connectivity index (χ0v) is 14.4. The van der Waals surface area contributed by atoms with E-state index in [1.807, 2.05) is 0 Å². The number of nitrogens with one attached hydrogen (secondary N) is 1. The summed E-state index contributed by atoms with van der Waals surface area (Å²) in [6.07, 6.45) is 2.89. The van der Waals surface area contributed by atoms with Crippen molar-refractivity contribution in [2.75, 3.05) is 13.1 Å². The third-order valence-electron chi connectivity index (χ3n) is 4.87. The molecule has 0 bridgehead atoms. The number of hydrogen-bond acceptors (Lipinski definition) is 3. The summed E-state index contributed by atoms with van der Waals surface area (Å²) in [7, 11) is 0. The molecule has 1 fully saturated rings. The third kappa shape index (κ3) is 5.08. The summed E-state index contributed by atoms with van der Waals surface area (Å²) in [4.78, 5) is 2.46. The quantitative estimate of drug-likeness (QED) is 0.812. The summed E-state index contributed by atoms with van der Waals surface area (Å²) in [6.45, 7) is 10.8. The van der Waals surface area contributed by atoms with Gasteiger partial charge in [0.2, 0.25) is 0 Å². The molecule has 0 aliphatic carbocycles. The summed E-state index contributed by atoms with van der Waals surface area (Å²) < 4.78 is 0. The number of piperidine rings is 1. The lowest BCUT2D eigenvalue weighted by molar-refractivity contribution is 0.0791. The van der Waals surface area contributed by atoms with E-state index in [0.717, 1.165) is 39.0 Å². The minimum Gasteiger partial charge on any atom is -0.393 e. The van der Waals surface area contributed by atoms with E-state index >= 15 is 0 Å². The average Bonchev–Trinajstić information content (AvgIpc) is 2.51. The summed E-state index contributed by atoms with van der Waals surface area (Å²) in [5.74, 6) is 0.667. The molecular weight excluding hydrogens is 272 g/mol. The van der Waals surface area contributed by atoms with Gasteiger partial charge in [0.25, 0.3) is 0 Å². The Kier molecular flexibility index (Phi) is 6.87. The van der Waals surface area contributed by atoms with Gasteiger partial charge >= 0.3 is 0 Å². The van der Waals surface area contributed by atoms with Crippen LogP contribution in [-0.4, -0.2) is 35.2 Å². The van der Waals surface area contributed by atoms with Crippen molar-refractivity contribution in [3.63, 3.8) is 0 Å². The van der Waals surface area contributed by atoms with Gasteiger partial charge < -0.3 is 10.4 Å². The van der Waals surface area contributed by atoms with E-state index in [4.69, 9.17) is 0 Å². The van der Waals surface area contributed by atoms with Gasteiger partial charge in [0.05, 0.1) is 6.10 Å². The highest BCUT2D eigenvalue weighted by Gasteiger charge is 2.18. The van der Waals surface area contributed by atoms with Gasteiger partial charge in [-0.1, -0.05) is 45.0 Å². The van der Waals surface area contributed by atoms with Gasteiger partial charge in [-0.3, -0.25) is 4.90 Å². The predicted octanol–water partition coefficient (Wildman–Crippen LogP) is 3.17. The predicted molar refractivity (Wildman–Crippen MR) is 92.7 cm³/mol. The first kappa shape index (κ1) is 17.5. The van der Waals surface area contributed by atoms with Crippen LogP contribution in [0.15, 0.2) is 24.3 Å². The lowest BCUT2D eigenvalue weighted by atomic mass is 10.00. The topological polar surface area (TPSA) is 35.5 Å². The van der Waals surface area contributed by atoms with E-state index in [1.165, 1.54) is 17.5 Å². The smallest absolute Gasteiger partial charge is 0.0564 e. The van der Waals surface area contributed by atoms with Crippen LogP contribution in [0.3, 0.4) is 0 Å². The molecule has 1 atom stereocenters. The standard InChI is InChI=1S/C19H32N2O/c1-4-19(15(2)3)20-13-16-7-5-6-8-17(16)14-21-11-9-18(22)10-12-21/h5-8,15,18-20,22H,4,9-14H2,1-3H3. The number of rotatable bonds is 7. The summed E-state index contributed by atoms with van der Waals surface area (Å²) in [5.41, 5.74) is 2.83. The summed E-state index contributed by atoms with van der Waals surface area (Å²) >= 11 is 0. The molecule has 0 aromatic heterocycles. The average molecular weight is 304 g/mol. The molecule has 3 nitrogen and oxygen atoms in total. The highest BCUT2D eigenvalue weighted by Crippen LogP contribution is 2.17. The molecule has 0 amide bonds. The van der Waals surface area contributed by atoms with Crippen molar-refractivity contribution in [1.29, 1.82) is 0 Å². The highest BCUT2D eigenvalue weighted by atomic mass is 16.3. The van der Waals surface area contributed by atoms with Crippen LogP contribution >= 0.6 is 0 Å². The van der Waals surface area contributed by atoms with Gasteiger partial charge in [0.1, 0.15) is 0 Å². The second-order valence-electron chi connectivity index (χ2n) is 6.92. The fourth-order valence-corrected chi connectivity index (χ4v) is 3.30. The molecule has 1 saturated heterocycles. The van der Waals surface area contributed by atoms with Crippen molar-refractivity contribution in [3.8, 4) is 0 Å². The Bertz CT molecular complexity index is 439. The van der Waals surface area contributed by atoms with Crippen LogP contribution in [0.1, 0.15) is 51.2 Å². The van der Waals surface area contributed by atoms with Crippen LogP contribution in [-0.2, 0) is 13.1 Å². The molecule has 1 aliphatic heterocycles. The Morgan fingerprint density at radius 2 is 1.82 bits per heavy atom. The Morgan fingerprint density at radius 1 is 1.18 bits per heavy atom. The highest BCUT2D eigenvalue weighted by molar-refractivity contribution is 5.27. The van der Waals surface area contributed by atoms with Crippen molar-refractivity contribution < 1.29 is 5.11 Å². The second kappa shape index (κ2) is 8.66. The van der Waals surface area contributed by atoms with Gasteiger partial charge in [-0.15, -0.1) is 0 Å². The summed E-state index contributed by atoms with van der Waals surface area (Å²) in [6, 6.07) is 9.35. The van der Waals surface area contributed by atoms with E-state index in [1.54, 1.807) is 0 Å². The zero-order valence-electron chi connectivity index (χ0n) is 14.4. The molecule has 3 heteroatoms. The number of aliphatic hydroxyl groups is 1. The molecule has 1 aromatic carbocycles. The molecule has 1 heterocycles. The van der Waals surface area contributed by atoms with Gasteiger partial charge in [0.15, 0.2) is 0 Å². The minimum atomic E-state index is -0.0930. The number of nitrogens with zero attached hydrogens (tertiary/aromatic N) is 1. The maximum atomic E-state index is 9.64. The van der Waals surface area contributed by atoms with Crippen LogP contribution in [0.4, 0.5) is 0 Å². The van der Waals surface area contributed by atoms with E-state index in [9.17, 15) is 5.11 Å². The third-order valence-corrected chi connectivity index (χ3v) is 4.87. The first-order valence-corrected chi connectivity index (χ1v) is 8.80. The van der Waals surface area contributed by atoms with Gasteiger partial charge in [0, 0.05) is 32.2 Å². The van der Waals surface area contributed by atoms with Gasteiger partial charge in [-0.2, -0.15) is 0 Å². The van der Waals surface area contributed by atoms with Crippen LogP contribution in [0.5, 0.6) is 0 Å². The number of hydrogen-bond donors (Lipinski definition) is 2. The maximum absolute atomic E-state index is 9.64. The monoisotopic (exact) mass is 304 g/mol. The molecule has 2 rings (SSSR count). The van der Waals surface area contributed by atoms with E-state index in [-0.39, 0.29) is 6.10 Å². The Hall–Kier alpha value is -0.900. The Morgan fingerprint density at radius 3 is 2.41 bits per heavy atom.